The first-order valence-electron chi connectivity index (χ1n) is 8.48. The number of hydrogen-bond acceptors (Lipinski definition) is 2. The van der Waals surface area contributed by atoms with Gasteiger partial charge in [0.15, 0.2) is 0 Å². The lowest BCUT2D eigenvalue weighted by atomic mass is 9.91. The summed E-state index contributed by atoms with van der Waals surface area (Å²) in [6.45, 7) is 1.29. The van der Waals surface area contributed by atoms with Crippen LogP contribution in [-0.2, 0) is 4.79 Å². The number of hydrogen-bond donors (Lipinski definition) is 2. The SMILES string of the molecule is Cl.O=C(CNCC1CC1)NC(c1cccc(F)c1)C1CCCC1. The number of amides is 1. The molecule has 2 saturated carbocycles. The molecule has 2 N–H and O–H groups in total. The highest BCUT2D eigenvalue weighted by molar-refractivity contribution is 5.85. The summed E-state index contributed by atoms with van der Waals surface area (Å²) >= 11 is 0. The Kier molecular flexibility index (Phi) is 6.85. The standard InChI is InChI=1S/C18H25FN2O.ClH/c19-16-7-3-6-15(10-16)18(14-4-1-2-5-14)21-17(22)12-20-11-13-8-9-13;/h3,6-7,10,13-14,18,20H,1-2,4-5,8-9,11-12H2,(H,21,22);1H. The van der Waals surface area contributed by atoms with Gasteiger partial charge >= 0.3 is 0 Å². The minimum atomic E-state index is -0.235. The molecule has 0 radical (unpaired) electrons. The van der Waals surface area contributed by atoms with Crippen LogP contribution in [0.3, 0.4) is 0 Å². The van der Waals surface area contributed by atoms with Gasteiger partial charge in [-0.2, -0.15) is 0 Å². The summed E-state index contributed by atoms with van der Waals surface area (Å²) < 4.78 is 13.5. The third kappa shape index (κ3) is 5.47. The van der Waals surface area contributed by atoms with Gasteiger partial charge in [0.05, 0.1) is 12.6 Å². The van der Waals surface area contributed by atoms with Gasteiger partial charge in [-0.3, -0.25) is 4.79 Å². The van der Waals surface area contributed by atoms with E-state index in [1.807, 2.05) is 6.07 Å². The zero-order valence-corrected chi connectivity index (χ0v) is 14.2. The molecule has 1 aromatic rings. The summed E-state index contributed by atoms with van der Waals surface area (Å²) in [7, 11) is 0. The second-order valence-electron chi connectivity index (χ2n) is 6.72. The van der Waals surface area contributed by atoms with E-state index in [0.29, 0.717) is 12.5 Å². The minimum absolute atomic E-state index is 0. The quantitative estimate of drug-likeness (QED) is 0.796. The van der Waals surface area contributed by atoms with Crippen molar-refractivity contribution >= 4 is 18.3 Å². The van der Waals surface area contributed by atoms with Crippen molar-refractivity contribution < 1.29 is 9.18 Å². The normalized spacial score (nSPS) is 19.2. The Hall–Kier alpha value is -1.13. The molecule has 0 aromatic heterocycles. The maximum Gasteiger partial charge on any atom is 0.234 e. The van der Waals surface area contributed by atoms with Crippen LogP contribution in [0.2, 0.25) is 0 Å². The average Bonchev–Trinajstić information content (AvgIpc) is 3.16. The molecule has 1 aromatic carbocycles. The van der Waals surface area contributed by atoms with Crippen molar-refractivity contribution in [1.29, 1.82) is 0 Å². The van der Waals surface area contributed by atoms with Crippen molar-refractivity contribution in [2.75, 3.05) is 13.1 Å². The summed E-state index contributed by atoms with van der Waals surface area (Å²) in [4.78, 5) is 12.2. The maximum atomic E-state index is 13.5. The Bertz CT molecular complexity index is 515. The second kappa shape index (κ2) is 8.65. The van der Waals surface area contributed by atoms with E-state index in [1.54, 1.807) is 12.1 Å². The predicted molar refractivity (Wildman–Crippen MR) is 92.1 cm³/mol. The number of carbonyl (C=O) groups is 1. The van der Waals surface area contributed by atoms with E-state index < -0.39 is 0 Å². The lowest BCUT2D eigenvalue weighted by Crippen LogP contribution is -2.39. The van der Waals surface area contributed by atoms with Crippen LogP contribution in [0.15, 0.2) is 24.3 Å². The van der Waals surface area contributed by atoms with Gasteiger partial charge in [-0.15, -0.1) is 12.4 Å². The van der Waals surface area contributed by atoms with Crippen molar-refractivity contribution in [3.8, 4) is 0 Å². The molecule has 0 bridgehead atoms. The highest BCUT2D eigenvalue weighted by Crippen LogP contribution is 2.35. The van der Waals surface area contributed by atoms with Crippen molar-refractivity contribution in [3.05, 3.63) is 35.6 Å². The van der Waals surface area contributed by atoms with Crippen molar-refractivity contribution in [2.45, 2.75) is 44.6 Å². The molecular weight excluding hydrogens is 315 g/mol. The zero-order chi connectivity index (χ0) is 15.4. The van der Waals surface area contributed by atoms with Gasteiger partial charge in [-0.1, -0.05) is 25.0 Å². The monoisotopic (exact) mass is 340 g/mol. The Morgan fingerprint density at radius 1 is 1.22 bits per heavy atom. The van der Waals surface area contributed by atoms with Crippen LogP contribution in [0.1, 0.15) is 50.1 Å². The molecular formula is C18H26ClFN2O. The Morgan fingerprint density at radius 2 is 1.96 bits per heavy atom. The summed E-state index contributed by atoms with van der Waals surface area (Å²) in [5, 5.41) is 6.35. The lowest BCUT2D eigenvalue weighted by molar-refractivity contribution is -0.121. The van der Waals surface area contributed by atoms with Crippen LogP contribution < -0.4 is 10.6 Å². The fourth-order valence-electron chi connectivity index (χ4n) is 3.40. The molecule has 0 spiro atoms. The van der Waals surface area contributed by atoms with Crippen molar-refractivity contribution in [3.63, 3.8) is 0 Å². The molecule has 0 aliphatic heterocycles. The van der Waals surface area contributed by atoms with Crippen LogP contribution in [-0.4, -0.2) is 19.0 Å². The molecule has 2 fully saturated rings. The van der Waals surface area contributed by atoms with E-state index in [4.69, 9.17) is 0 Å². The molecule has 5 heteroatoms. The molecule has 3 nitrogen and oxygen atoms in total. The first kappa shape index (κ1) is 18.2. The van der Waals surface area contributed by atoms with Gasteiger partial charge in [-0.25, -0.2) is 4.39 Å². The van der Waals surface area contributed by atoms with Gasteiger partial charge in [0.1, 0.15) is 5.82 Å². The fraction of sp³-hybridized carbons (Fsp3) is 0.611. The number of benzene rings is 1. The van der Waals surface area contributed by atoms with E-state index in [2.05, 4.69) is 10.6 Å². The third-order valence-electron chi connectivity index (χ3n) is 4.81. The van der Waals surface area contributed by atoms with Crippen LogP contribution in [0, 0.1) is 17.7 Å². The van der Waals surface area contributed by atoms with E-state index in [1.165, 1.54) is 31.7 Å². The van der Waals surface area contributed by atoms with Crippen LogP contribution in [0.5, 0.6) is 0 Å². The van der Waals surface area contributed by atoms with Gasteiger partial charge in [0, 0.05) is 0 Å². The highest BCUT2D eigenvalue weighted by atomic mass is 35.5. The summed E-state index contributed by atoms with van der Waals surface area (Å²) in [6.07, 6.45) is 7.18. The van der Waals surface area contributed by atoms with E-state index in [0.717, 1.165) is 30.9 Å². The molecule has 2 aliphatic carbocycles. The second-order valence-corrected chi connectivity index (χ2v) is 6.72. The molecule has 1 atom stereocenters. The van der Waals surface area contributed by atoms with E-state index in [9.17, 15) is 9.18 Å². The van der Waals surface area contributed by atoms with Gasteiger partial charge < -0.3 is 10.6 Å². The maximum absolute atomic E-state index is 13.5. The Morgan fingerprint density at radius 3 is 2.61 bits per heavy atom. The summed E-state index contributed by atoms with van der Waals surface area (Å²) in [5.41, 5.74) is 0.891. The number of nitrogens with one attached hydrogen (secondary N) is 2. The van der Waals surface area contributed by atoms with Crippen molar-refractivity contribution in [2.24, 2.45) is 11.8 Å². The van der Waals surface area contributed by atoms with Gasteiger partial charge in [0.2, 0.25) is 5.91 Å². The minimum Gasteiger partial charge on any atom is -0.348 e. The average molecular weight is 341 g/mol. The molecule has 2 aliphatic rings. The van der Waals surface area contributed by atoms with Crippen LogP contribution >= 0.6 is 12.4 Å². The Labute approximate surface area is 143 Å². The molecule has 1 unspecified atom stereocenters. The van der Waals surface area contributed by atoms with E-state index >= 15 is 0 Å². The summed E-state index contributed by atoms with van der Waals surface area (Å²) in [6, 6.07) is 6.59. The molecule has 0 heterocycles. The smallest absolute Gasteiger partial charge is 0.234 e. The van der Waals surface area contributed by atoms with Gasteiger partial charge in [-0.05, 0) is 61.8 Å². The molecule has 23 heavy (non-hydrogen) atoms. The van der Waals surface area contributed by atoms with Crippen molar-refractivity contribution in [1.82, 2.24) is 10.6 Å². The molecule has 3 rings (SSSR count). The largest absolute Gasteiger partial charge is 0.348 e. The fourth-order valence-corrected chi connectivity index (χ4v) is 3.40. The number of carbonyl (C=O) groups excluding carboxylic acids is 1. The predicted octanol–water partition coefficient (Wildman–Crippen LogP) is 3.59. The lowest BCUT2D eigenvalue weighted by Gasteiger charge is -2.25. The highest BCUT2D eigenvalue weighted by Gasteiger charge is 2.28. The van der Waals surface area contributed by atoms with Gasteiger partial charge in [0.25, 0.3) is 0 Å². The van der Waals surface area contributed by atoms with Crippen LogP contribution in [0.4, 0.5) is 4.39 Å². The molecule has 128 valence electrons. The third-order valence-corrected chi connectivity index (χ3v) is 4.81. The van der Waals surface area contributed by atoms with Crippen LogP contribution in [0.25, 0.3) is 0 Å². The zero-order valence-electron chi connectivity index (χ0n) is 13.4. The van der Waals surface area contributed by atoms with E-state index in [-0.39, 0.29) is 30.2 Å². The Balaban J connectivity index is 0.00000192. The number of halogens is 2. The number of rotatable bonds is 7. The first-order chi connectivity index (χ1) is 10.7. The first-order valence-corrected chi connectivity index (χ1v) is 8.48. The molecule has 1 amide bonds. The summed E-state index contributed by atoms with van der Waals surface area (Å²) in [5.74, 6) is 0.972. The molecule has 0 saturated heterocycles. The topological polar surface area (TPSA) is 41.1 Å².